The standard InChI is InChI=1S/C22H29N3O2S.C4H7F.CH3NO/c1-15-20(28-14-24-15)17-9-7-16(8-10-17)13-23-21(27)18-6-5-11-25(18)19(26)12-22(2,3)4;1-4(5)2-3-4;2-1-3/h7-10,14,18H,5-6,11-13H2,1-4H3,(H,23,27);2-3H2,1H3;1H,(H2,2,3). The van der Waals surface area contributed by atoms with Gasteiger partial charge in [0.15, 0.2) is 0 Å². The van der Waals surface area contributed by atoms with Crippen LogP contribution in [0.1, 0.15) is 71.1 Å². The number of rotatable bonds is 5. The van der Waals surface area contributed by atoms with Crippen molar-refractivity contribution in [1.29, 1.82) is 0 Å². The largest absolute Gasteiger partial charge is 0.372 e. The van der Waals surface area contributed by atoms with Crippen molar-refractivity contribution in [1.82, 2.24) is 15.2 Å². The van der Waals surface area contributed by atoms with E-state index in [0.717, 1.165) is 42.5 Å². The Hall–Kier alpha value is -2.81. The third kappa shape index (κ3) is 9.68. The fourth-order valence-corrected chi connectivity index (χ4v) is 4.54. The number of thiazole rings is 1. The summed E-state index contributed by atoms with van der Waals surface area (Å²) >= 11 is 1.63. The first-order valence-corrected chi connectivity index (χ1v) is 13.2. The summed E-state index contributed by atoms with van der Waals surface area (Å²) in [5.41, 5.74) is 8.42. The van der Waals surface area contributed by atoms with Crippen molar-refractivity contribution >= 4 is 29.6 Å². The maximum atomic E-state index is 12.7. The number of hydrogen-bond acceptors (Lipinski definition) is 5. The second-order valence-electron chi connectivity index (χ2n) is 10.7. The summed E-state index contributed by atoms with van der Waals surface area (Å²) in [7, 11) is 0. The molecule has 2 heterocycles. The quantitative estimate of drug-likeness (QED) is 0.556. The van der Waals surface area contributed by atoms with Gasteiger partial charge in [-0.25, -0.2) is 9.37 Å². The molecule has 9 heteroatoms. The Labute approximate surface area is 217 Å². The summed E-state index contributed by atoms with van der Waals surface area (Å²) in [6.45, 7) is 10.9. The molecular weight excluding hydrogens is 479 g/mol. The van der Waals surface area contributed by atoms with Crippen LogP contribution in [0.15, 0.2) is 29.8 Å². The lowest BCUT2D eigenvalue weighted by atomic mass is 9.91. The number of nitrogens with two attached hydrogens (primary N) is 1. The molecule has 0 radical (unpaired) electrons. The fourth-order valence-electron chi connectivity index (χ4n) is 3.73. The molecule has 198 valence electrons. The summed E-state index contributed by atoms with van der Waals surface area (Å²) in [4.78, 5) is 41.1. The van der Waals surface area contributed by atoms with Gasteiger partial charge in [0, 0.05) is 19.5 Å². The number of halogens is 1. The highest BCUT2D eigenvalue weighted by molar-refractivity contribution is 7.13. The molecule has 1 unspecified atom stereocenters. The molecule has 7 nitrogen and oxygen atoms in total. The van der Waals surface area contributed by atoms with E-state index in [1.807, 2.05) is 45.3 Å². The third-order valence-corrected chi connectivity index (χ3v) is 6.90. The lowest BCUT2D eigenvalue weighted by molar-refractivity contribution is -0.139. The molecule has 3 amide bonds. The minimum atomic E-state index is -0.750. The number of primary amides is 1. The van der Waals surface area contributed by atoms with Crippen molar-refractivity contribution < 1.29 is 18.8 Å². The molecule has 0 spiro atoms. The van der Waals surface area contributed by atoms with Crippen LogP contribution in [-0.4, -0.2) is 46.4 Å². The zero-order valence-electron chi connectivity index (χ0n) is 22.0. The van der Waals surface area contributed by atoms with Crippen molar-refractivity contribution in [2.75, 3.05) is 6.54 Å². The van der Waals surface area contributed by atoms with Gasteiger partial charge in [-0.3, -0.25) is 14.4 Å². The van der Waals surface area contributed by atoms with Gasteiger partial charge in [0.2, 0.25) is 18.2 Å². The first kappa shape index (κ1) is 29.4. The molecule has 2 aromatic rings. The minimum Gasteiger partial charge on any atom is -0.372 e. The number of benzene rings is 1. The van der Waals surface area contributed by atoms with E-state index < -0.39 is 5.67 Å². The zero-order valence-corrected chi connectivity index (χ0v) is 22.8. The highest BCUT2D eigenvalue weighted by atomic mass is 32.1. The Balaban J connectivity index is 0.000000490. The van der Waals surface area contributed by atoms with Gasteiger partial charge in [0.25, 0.3) is 0 Å². The normalized spacial score (nSPS) is 17.7. The number of alkyl halides is 1. The van der Waals surface area contributed by atoms with Crippen LogP contribution < -0.4 is 11.1 Å². The van der Waals surface area contributed by atoms with Crippen molar-refractivity contribution in [3.8, 4) is 10.4 Å². The molecule has 2 aliphatic rings. The molecular formula is C27H39FN4O3S. The smallest absolute Gasteiger partial charge is 0.243 e. The predicted molar refractivity (Wildman–Crippen MR) is 142 cm³/mol. The van der Waals surface area contributed by atoms with E-state index in [2.05, 4.69) is 28.2 Å². The molecule has 1 aromatic carbocycles. The second kappa shape index (κ2) is 12.9. The minimum absolute atomic E-state index is 0.0536. The Morgan fingerprint density at radius 3 is 2.33 bits per heavy atom. The van der Waals surface area contributed by atoms with Gasteiger partial charge in [-0.2, -0.15) is 0 Å². The zero-order chi connectivity index (χ0) is 26.9. The summed E-state index contributed by atoms with van der Waals surface area (Å²) < 4.78 is 11.8. The summed E-state index contributed by atoms with van der Waals surface area (Å²) in [5.74, 6) is 0.0246. The van der Waals surface area contributed by atoms with E-state index in [9.17, 15) is 14.0 Å². The number of hydrogen-bond donors (Lipinski definition) is 2. The predicted octanol–water partition coefficient (Wildman–Crippen LogP) is 4.77. The van der Waals surface area contributed by atoms with E-state index in [-0.39, 0.29) is 29.7 Å². The van der Waals surface area contributed by atoms with Crippen LogP contribution >= 0.6 is 11.3 Å². The van der Waals surface area contributed by atoms with Crippen LogP contribution in [0.25, 0.3) is 10.4 Å². The summed E-state index contributed by atoms with van der Waals surface area (Å²) in [6, 6.07) is 7.86. The molecule has 1 saturated carbocycles. The second-order valence-corrected chi connectivity index (χ2v) is 11.6. The van der Waals surface area contributed by atoms with Crippen LogP contribution in [0.4, 0.5) is 4.39 Å². The maximum Gasteiger partial charge on any atom is 0.243 e. The van der Waals surface area contributed by atoms with Crippen molar-refractivity contribution in [3.63, 3.8) is 0 Å². The van der Waals surface area contributed by atoms with E-state index in [0.29, 0.717) is 19.5 Å². The van der Waals surface area contributed by atoms with Crippen molar-refractivity contribution in [3.05, 3.63) is 41.0 Å². The van der Waals surface area contributed by atoms with Crippen molar-refractivity contribution in [2.45, 2.75) is 85.0 Å². The number of amides is 3. The Morgan fingerprint density at radius 2 is 1.86 bits per heavy atom. The molecule has 1 saturated heterocycles. The Bertz CT molecular complexity index is 1010. The number of aryl methyl sites for hydroxylation is 1. The van der Waals surface area contributed by atoms with Crippen LogP contribution in [0.2, 0.25) is 0 Å². The Morgan fingerprint density at radius 1 is 1.28 bits per heavy atom. The molecule has 1 aliphatic heterocycles. The summed E-state index contributed by atoms with van der Waals surface area (Å²) in [6.07, 6.45) is 3.91. The van der Waals surface area contributed by atoms with Crippen molar-refractivity contribution in [2.24, 2.45) is 11.1 Å². The molecule has 1 aliphatic carbocycles. The monoisotopic (exact) mass is 518 g/mol. The number of carbonyl (C=O) groups excluding carboxylic acids is 3. The average Bonchev–Trinajstić information content (AvgIpc) is 3.19. The lowest BCUT2D eigenvalue weighted by Crippen LogP contribution is -2.46. The fraction of sp³-hybridized carbons (Fsp3) is 0.556. The van der Waals surface area contributed by atoms with Gasteiger partial charge >= 0.3 is 0 Å². The highest BCUT2D eigenvalue weighted by Gasteiger charge is 2.37. The first-order chi connectivity index (χ1) is 16.9. The molecule has 1 atom stereocenters. The molecule has 2 fully saturated rings. The van der Waals surface area contributed by atoms with Gasteiger partial charge in [-0.1, -0.05) is 45.0 Å². The Kier molecular flexibility index (Phi) is 10.6. The van der Waals surface area contributed by atoms with Gasteiger partial charge in [-0.05, 0) is 56.1 Å². The third-order valence-electron chi connectivity index (χ3n) is 5.92. The lowest BCUT2D eigenvalue weighted by Gasteiger charge is -2.27. The van der Waals surface area contributed by atoms with Gasteiger partial charge in [-0.15, -0.1) is 11.3 Å². The summed E-state index contributed by atoms with van der Waals surface area (Å²) in [5, 5.41) is 3.01. The number of aromatic nitrogens is 1. The molecule has 1 aromatic heterocycles. The van der Waals surface area contributed by atoms with E-state index >= 15 is 0 Å². The van der Waals surface area contributed by atoms with E-state index in [4.69, 9.17) is 4.79 Å². The molecule has 3 N–H and O–H groups in total. The maximum absolute atomic E-state index is 12.7. The van der Waals surface area contributed by atoms with Crippen LogP contribution in [0.5, 0.6) is 0 Å². The van der Waals surface area contributed by atoms with Gasteiger partial charge < -0.3 is 16.0 Å². The highest BCUT2D eigenvalue weighted by Crippen LogP contribution is 2.38. The topological polar surface area (TPSA) is 105 Å². The number of nitrogens with zero attached hydrogens (tertiary/aromatic N) is 2. The van der Waals surface area contributed by atoms with E-state index in [1.165, 1.54) is 4.88 Å². The first-order valence-electron chi connectivity index (χ1n) is 12.3. The SMILES string of the molecule is CC1(F)CC1.Cc1ncsc1-c1ccc(CNC(=O)C2CCCN2C(=O)CC(C)(C)C)cc1.NC=O. The van der Waals surface area contributed by atoms with Gasteiger partial charge in [0.05, 0.1) is 16.1 Å². The average molecular weight is 519 g/mol. The number of carbonyl (C=O) groups is 3. The van der Waals surface area contributed by atoms with Gasteiger partial charge in [0.1, 0.15) is 11.7 Å². The number of likely N-dealkylation sites (tertiary alicyclic amines) is 1. The van der Waals surface area contributed by atoms with E-state index in [1.54, 1.807) is 23.2 Å². The van der Waals surface area contributed by atoms with Crippen LogP contribution in [-0.2, 0) is 20.9 Å². The molecule has 36 heavy (non-hydrogen) atoms. The number of nitrogens with one attached hydrogen (secondary N) is 1. The molecule has 0 bridgehead atoms. The van der Waals surface area contributed by atoms with Crippen LogP contribution in [0, 0.1) is 12.3 Å². The molecule has 4 rings (SSSR count). The van der Waals surface area contributed by atoms with Crippen LogP contribution in [0.3, 0.4) is 0 Å².